The van der Waals surface area contributed by atoms with Crippen LogP contribution in [-0.4, -0.2) is 101 Å². The van der Waals surface area contributed by atoms with Gasteiger partial charge in [-0.3, -0.25) is 9.59 Å². The Labute approximate surface area is 339 Å². The third-order valence-corrected chi connectivity index (χ3v) is 12.9. The van der Waals surface area contributed by atoms with Gasteiger partial charge in [0, 0.05) is 66.7 Å². The second kappa shape index (κ2) is 16.7. The lowest BCUT2D eigenvalue weighted by molar-refractivity contribution is -0.171. The second-order valence-electron chi connectivity index (χ2n) is 18.0. The van der Waals surface area contributed by atoms with Crippen molar-refractivity contribution in [1.29, 1.82) is 0 Å². The number of phenolic OH excluding ortho intramolecular Hbond substituents is 2. The van der Waals surface area contributed by atoms with Gasteiger partial charge in [0.1, 0.15) is 22.8 Å². The zero-order valence-electron chi connectivity index (χ0n) is 35.7. The third kappa shape index (κ3) is 7.94. The third-order valence-electron chi connectivity index (χ3n) is 12.9. The Morgan fingerprint density at radius 1 is 0.912 bits per heavy atom. The number of piperazine rings is 1. The lowest BCUT2D eigenvalue weighted by Crippen LogP contribution is -2.72. The van der Waals surface area contributed by atoms with Crippen LogP contribution >= 0.6 is 0 Å². The molecule has 6 aliphatic rings. The van der Waals surface area contributed by atoms with Crippen LogP contribution in [0.3, 0.4) is 0 Å². The molecule has 7 rings (SSSR count). The number of hydrogen-bond donors (Lipinski definition) is 2. The molecule has 0 radical (unpaired) electrons. The van der Waals surface area contributed by atoms with Gasteiger partial charge >= 0.3 is 5.97 Å². The molecule has 0 aromatic heterocycles. The van der Waals surface area contributed by atoms with Crippen LogP contribution in [-0.2, 0) is 31.9 Å². The molecule has 1 saturated carbocycles. The molecule has 4 atom stereocenters. The van der Waals surface area contributed by atoms with E-state index in [-0.39, 0.29) is 53.4 Å². The number of carbonyl (C=O) groups excluding carboxylic acids is 3. The van der Waals surface area contributed by atoms with Crippen LogP contribution in [0.25, 0.3) is 0 Å². The summed E-state index contributed by atoms with van der Waals surface area (Å²) in [4.78, 5) is 47.6. The van der Waals surface area contributed by atoms with Crippen LogP contribution in [0.5, 0.6) is 17.2 Å². The summed E-state index contributed by atoms with van der Waals surface area (Å²) in [5.74, 6) is -2.45. The Balaban J connectivity index is 1.31. The minimum Gasteiger partial charge on any atom is -0.507 e. The number of rotatable bonds is 15. The predicted octanol–water partition coefficient (Wildman–Crippen LogP) is 7.76. The van der Waals surface area contributed by atoms with Gasteiger partial charge in [-0.25, -0.2) is 4.79 Å². The van der Waals surface area contributed by atoms with E-state index in [0.717, 1.165) is 69.6 Å². The largest absolute Gasteiger partial charge is 0.507 e. The molecular formula is C47H64N2O8. The quantitative estimate of drug-likeness (QED) is 0.0790. The number of aromatic hydroxyl groups is 2. The van der Waals surface area contributed by atoms with E-state index >= 15 is 0 Å². The summed E-state index contributed by atoms with van der Waals surface area (Å²) >= 11 is 0. The highest BCUT2D eigenvalue weighted by atomic mass is 16.6. The van der Waals surface area contributed by atoms with E-state index in [0.29, 0.717) is 29.7 Å². The highest BCUT2D eigenvalue weighted by Gasteiger charge is 2.81. The molecule has 310 valence electrons. The van der Waals surface area contributed by atoms with Gasteiger partial charge in [0.05, 0.1) is 12.2 Å². The normalized spacial score (nSPS) is 26.7. The number of hydrogen-bond acceptors (Lipinski definition) is 10. The van der Waals surface area contributed by atoms with Gasteiger partial charge in [-0.05, 0) is 114 Å². The number of esters is 1. The number of fused-ring (bicyclic) bond motifs is 1. The van der Waals surface area contributed by atoms with Gasteiger partial charge in [0.15, 0.2) is 22.8 Å². The molecular weight excluding hydrogens is 721 g/mol. The maximum absolute atomic E-state index is 15.0. The fraction of sp³-hybridized carbons (Fsp3) is 0.596. The molecule has 4 bridgehead atoms. The van der Waals surface area contributed by atoms with Crippen molar-refractivity contribution < 1.29 is 38.8 Å². The molecule has 57 heavy (non-hydrogen) atoms. The molecule has 3 aliphatic carbocycles. The van der Waals surface area contributed by atoms with E-state index in [1.165, 1.54) is 5.57 Å². The molecule has 4 unspecified atom stereocenters. The maximum atomic E-state index is 15.0. The molecule has 1 aromatic rings. The lowest BCUT2D eigenvalue weighted by atomic mass is 9.51. The van der Waals surface area contributed by atoms with Crippen LogP contribution in [0.15, 0.2) is 58.2 Å². The highest BCUT2D eigenvalue weighted by molar-refractivity contribution is 6.18. The fourth-order valence-corrected chi connectivity index (χ4v) is 9.58. The van der Waals surface area contributed by atoms with E-state index in [1.54, 1.807) is 19.1 Å². The standard InChI is InChI=1S/C47H64N2O8/c1-29(2)13-12-14-31(5)16-18-34-39(50)35(17-15-30(3)4)42-38(40(34)51)41(52)36-27-33-28-37-45(7,8)57-46(43(33)53,47(36,37)56-42)20-19-32(6)44(54)55-26-11-10-21-49-24-22-48(9)23-25-49/h13,15-16,19,27,33,37,50-51H,10-12,14,17-18,20-26,28H2,1-9H3/b31-16+,32-19+. The monoisotopic (exact) mass is 784 g/mol. The molecule has 2 N–H and O–H groups in total. The van der Waals surface area contributed by atoms with Crippen molar-refractivity contribution in [1.82, 2.24) is 9.80 Å². The summed E-state index contributed by atoms with van der Waals surface area (Å²) in [6, 6.07) is 0. The highest BCUT2D eigenvalue weighted by Crippen LogP contribution is 2.68. The van der Waals surface area contributed by atoms with Gasteiger partial charge in [-0.1, -0.05) is 47.1 Å². The summed E-state index contributed by atoms with van der Waals surface area (Å²) in [6.07, 6.45) is 13.8. The summed E-state index contributed by atoms with van der Waals surface area (Å²) in [5.41, 5.74) is 0.593. The molecule has 3 heterocycles. The summed E-state index contributed by atoms with van der Waals surface area (Å²) in [5, 5.41) is 23.8. The SMILES string of the molecule is CC(C)=CCC/C(C)=C/Cc1c(O)c(CC=C(C)C)c2c(c1O)C(=O)C1=CC3CC4C(C)(C)OC(C/C=C(\C)C(=O)OCCCCN5CCN(C)CC5)(C3=O)C14O2. The number of carbonyl (C=O) groups is 3. The van der Waals surface area contributed by atoms with E-state index in [4.69, 9.17) is 14.2 Å². The number of likely N-dealkylation sites (N-methyl/N-ethyl adjacent to an activating group) is 1. The summed E-state index contributed by atoms with van der Waals surface area (Å²) in [7, 11) is 2.14. The molecule has 1 spiro atoms. The van der Waals surface area contributed by atoms with Crippen molar-refractivity contribution in [3.63, 3.8) is 0 Å². The van der Waals surface area contributed by atoms with Crippen LogP contribution in [0, 0.1) is 11.8 Å². The molecule has 0 amide bonds. The van der Waals surface area contributed by atoms with Crippen LogP contribution in [0.2, 0.25) is 0 Å². The first-order valence-electron chi connectivity index (χ1n) is 20.9. The van der Waals surface area contributed by atoms with E-state index < -0.39 is 40.4 Å². The second-order valence-corrected chi connectivity index (χ2v) is 18.0. The molecule has 3 aliphatic heterocycles. The fourth-order valence-electron chi connectivity index (χ4n) is 9.58. The average Bonchev–Trinajstić information content (AvgIpc) is 3.30. The topological polar surface area (TPSA) is 126 Å². The Hall–Kier alpha value is -3.99. The predicted molar refractivity (Wildman–Crippen MR) is 222 cm³/mol. The molecule has 2 saturated heterocycles. The van der Waals surface area contributed by atoms with Crippen molar-refractivity contribution in [2.45, 2.75) is 124 Å². The van der Waals surface area contributed by atoms with Crippen molar-refractivity contribution in [2.75, 3.05) is 46.4 Å². The van der Waals surface area contributed by atoms with Crippen molar-refractivity contribution in [2.24, 2.45) is 11.8 Å². The van der Waals surface area contributed by atoms with Gasteiger partial charge in [-0.15, -0.1) is 0 Å². The number of benzene rings is 1. The zero-order chi connectivity index (χ0) is 41.4. The minimum atomic E-state index is -1.63. The van der Waals surface area contributed by atoms with E-state index in [1.807, 2.05) is 46.8 Å². The lowest BCUT2D eigenvalue weighted by Gasteiger charge is -2.56. The number of ether oxygens (including phenoxy) is 3. The first-order valence-corrected chi connectivity index (χ1v) is 20.9. The Kier molecular flexibility index (Phi) is 12.5. The van der Waals surface area contributed by atoms with Crippen LogP contribution < -0.4 is 4.74 Å². The van der Waals surface area contributed by atoms with Crippen molar-refractivity contribution in [3.8, 4) is 17.2 Å². The number of nitrogens with zero attached hydrogens (tertiary/aromatic N) is 2. The zero-order valence-corrected chi connectivity index (χ0v) is 35.7. The minimum absolute atomic E-state index is 0.00250. The van der Waals surface area contributed by atoms with E-state index in [2.05, 4.69) is 36.8 Å². The van der Waals surface area contributed by atoms with Crippen LogP contribution in [0.1, 0.15) is 115 Å². The van der Waals surface area contributed by atoms with Crippen molar-refractivity contribution in [3.05, 3.63) is 74.9 Å². The summed E-state index contributed by atoms with van der Waals surface area (Å²) < 4.78 is 19.7. The van der Waals surface area contributed by atoms with Crippen LogP contribution in [0.4, 0.5) is 0 Å². The molecule has 3 fully saturated rings. The first kappa shape index (κ1) is 42.6. The number of allylic oxidation sites excluding steroid dienone is 7. The number of phenols is 2. The smallest absolute Gasteiger partial charge is 0.333 e. The molecule has 10 heteroatoms. The Morgan fingerprint density at radius 2 is 1.60 bits per heavy atom. The van der Waals surface area contributed by atoms with Crippen molar-refractivity contribution >= 4 is 17.5 Å². The first-order chi connectivity index (χ1) is 26.9. The Bertz CT molecular complexity index is 1940. The van der Waals surface area contributed by atoms with Gasteiger partial charge in [0.2, 0.25) is 0 Å². The Morgan fingerprint density at radius 3 is 2.28 bits per heavy atom. The maximum Gasteiger partial charge on any atom is 0.333 e. The molecule has 1 aromatic carbocycles. The summed E-state index contributed by atoms with van der Waals surface area (Å²) in [6.45, 7) is 21.1. The average molecular weight is 785 g/mol. The number of unbranched alkanes of at least 4 members (excludes halogenated alkanes) is 1. The number of ketones is 2. The van der Waals surface area contributed by atoms with Gasteiger partial charge in [-0.2, -0.15) is 0 Å². The van der Waals surface area contributed by atoms with Gasteiger partial charge < -0.3 is 34.2 Å². The van der Waals surface area contributed by atoms with Gasteiger partial charge in [0.25, 0.3) is 0 Å². The van der Waals surface area contributed by atoms with E-state index in [9.17, 15) is 24.6 Å². The number of Topliss-reactive ketones (excluding diaryl/α,β-unsaturated/α-hetero) is 2. The molecule has 10 nitrogen and oxygen atoms in total.